The highest BCUT2D eigenvalue weighted by molar-refractivity contribution is 7.16. The summed E-state index contributed by atoms with van der Waals surface area (Å²) in [6.45, 7) is 2.29. The molecule has 1 fully saturated rings. The van der Waals surface area contributed by atoms with Gasteiger partial charge in [-0.2, -0.15) is 0 Å². The number of amides is 2. The summed E-state index contributed by atoms with van der Waals surface area (Å²) in [5.74, 6) is 0.395. The van der Waals surface area contributed by atoms with E-state index in [0.717, 1.165) is 35.9 Å². The van der Waals surface area contributed by atoms with Crippen LogP contribution in [0.25, 0.3) is 10.2 Å². The van der Waals surface area contributed by atoms with E-state index in [0.29, 0.717) is 23.7 Å². The van der Waals surface area contributed by atoms with E-state index in [1.807, 2.05) is 53.3 Å². The van der Waals surface area contributed by atoms with E-state index >= 15 is 0 Å². The van der Waals surface area contributed by atoms with Crippen LogP contribution in [0.1, 0.15) is 49.5 Å². The van der Waals surface area contributed by atoms with Gasteiger partial charge in [0.25, 0.3) is 5.91 Å². The molecule has 1 atom stereocenters. The van der Waals surface area contributed by atoms with Crippen molar-refractivity contribution in [1.82, 2.24) is 9.88 Å². The average Bonchev–Trinajstić information content (AvgIpc) is 3.37. The van der Waals surface area contributed by atoms with Crippen LogP contribution in [0.3, 0.4) is 0 Å². The molecular weight excluding hydrogens is 410 g/mol. The Bertz CT molecular complexity index is 1140. The predicted octanol–water partition coefficient (Wildman–Crippen LogP) is 4.58. The molecule has 2 amide bonds. The van der Waals surface area contributed by atoms with Gasteiger partial charge >= 0.3 is 0 Å². The Labute approximate surface area is 185 Å². The van der Waals surface area contributed by atoms with Crippen LogP contribution in [-0.2, 0) is 11.3 Å². The molecule has 1 N–H and O–H groups in total. The van der Waals surface area contributed by atoms with E-state index in [1.165, 1.54) is 6.42 Å². The van der Waals surface area contributed by atoms with Gasteiger partial charge in [0.05, 0.1) is 13.7 Å². The van der Waals surface area contributed by atoms with E-state index in [1.54, 1.807) is 23.3 Å². The van der Waals surface area contributed by atoms with Crippen LogP contribution in [0.2, 0.25) is 0 Å². The Hall–Kier alpha value is -2.80. The minimum Gasteiger partial charge on any atom is -0.497 e. The second kappa shape index (κ2) is 7.71. The Kier molecular flexibility index (Phi) is 5.01. The fourth-order valence-corrected chi connectivity index (χ4v) is 5.84. The molecule has 3 aromatic rings. The van der Waals surface area contributed by atoms with Gasteiger partial charge < -0.3 is 14.6 Å². The minimum atomic E-state index is -1.05. The number of anilines is 1. The number of nitrogens with one attached hydrogen (secondary N) is 1. The molecule has 6 nitrogen and oxygen atoms in total. The van der Waals surface area contributed by atoms with Gasteiger partial charge in [-0.15, -0.1) is 11.3 Å². The zero-order valence-corrected chi connectivity index (χ0v) is 18.7. The van der Waals surface area contributed by atoms with Gasteiger partial charge in [-0.05, 0) is 49.4 Å². The van der Waals surface area contributed by atoms with Crippen molar-refractivity contribution in [1.29, 1.82) is 0 Å². The van der Waals surface area contributed by atoms with Gasteiger partial charge in [0.15, 0.2) is 0 Å². The number of carbonyl (C=O) groups is 2. The Morgan fingerprint density at radius 2 is 2.00 bits per heavy atom. The van der Waals surface area contributed by atoms with Crippen LogP contribution >= 0.6 is 11.3 Å². The minimum absolute atomic E-state index is 0.0976. The number of methoxy groups -OCH3 is 1. The Balaban J connectivity index is 1.60. The van der Waals surface area contributed by atoms with Crippen molar-refractivity contribution in [2.75, 3.05) is 12.0 Å². The summed E-state index contributed by atoms with van der Waals surface area (Å²) >= 11 is 1.60. The first-order valence-corrected chi connectivity index (χ1v) is 11.8. The van der Waals surface area contributed by atoms with Crippen LogP contribution in [-0.4, -0.2) is 35.1 Å². The van der Waals surface area contributed by atoms with Crippen molar-refractivity contribution in [3.63, 3.8) is 0 Å². The summed E-state index contributed by atoms with van der Waals surface area (Å²) < 4.78 is 7.41. The first kappa shape index (κ1) is 20.1. The molecule has 31 heavy (non-hydrogen) atoms. The summed E-state index contributed by atoms with van der Waals surface area (Å²) in [4.78, 5) is 30.2. The summed E-state index contributed by atoms with van der Waals surface area (Å²) in [7, 11) is 1.60. The number of fused-ring (bicyclic) bond motifs is 3. The van der Waals surface area contributed by atoms with Crippen molar-refractivity contribution in [3.8, 4) is 5.75 Å². The van der Waals surface area contributed by atoms with E-state index in [2.05, 4.69) is 5.32 Å². The second-order valence-corrected chi connectivity index (χ2v) is 9.62. The third-order valence-electron chi connectivity index (χ3n) is 6.63. The molecule has 1 aliphatic carbocycles. The molecule has 1 aliphatic heterocycles. The summed E-state index contributed by atoms with van der Waals surface area (Å²) in [5.41, 5.74) is 0.234. The Morgan fingerprint density at radius 3 is 2.77 bits per heavy atom. The van der Waals surface area contributed by atoms with Crippen LogP contribution in [0, 0.1) is 0 Å². The highest BCUT2D eigenvalue weighted by atomic mass is 32.1. The highest BCUT2D eigenvalue weighted by Crippen LogP contribution is 2.38. The molecule has 7 heteroatoms. The van der Waals surface area contributed by atoms with Gasteiger partial charge in [0.2, 0.25) is 5.91 Å². The van der Waals surface area contributed by atoms with Crippen LogP contribution in [0.5, 0.6) is 5.75 Å². The standard InChI is InChI=1S/C24H27N3O3S/c1-24(23(29)25-17-7-4-3-5-8-17)15-26-20(13-16-11-12-31-22(16)26)21(28)27(24)18-9-6-10-19(14-18)30-2/h6,9-14,17H,3-5,7-8,15H2,1-2H3,(H,25,29)/t24-/m1/s1. The first-order valence-electron chi connectivity index (χ1n) is 10.9. The zero-order chi connectivity index (χ0) is 21.6. The number of hydrogen-bond donors (Lipinski definition) is 1. The van der Waals surface area contributed by atoms with Crippen LogP contribution in [0.4, 0.5) is 5.69 Å². The smallest absolute Gasteiger partial charge is 0.275 e. The number of carbonyl (C=O) groups excluding carboxylic acids is 2. The molecule has 3 heterocycles. The predicted molar refractivity (Wildman–Crippen MR) is 123 cm³/mol. The summed E-state index contributed by atoms with van der Waals surface area (Å²) in [6.07, 6.45) is 5.49. The molecule has 5 rings (SSSR count). The number of hydrogen-bond acceptors (Lipinski definition) is 4. The molecule has 0 saturated heterocycles. The maximum Gasteiger partial charge on any atom is 0.275 e. The molecule has 1 aromatic carbocycles. The largest absolute Gasteiger partial charge is 0.497 e. The van der Waals surface area contributed by atoms with Gasteiger partial charge in [-0.25, -0.2) is 0 Å². The van der Waals surface area contributed by atoms with Gasteiger partial charge in [0.1, 0.15) is 21.8 Å². The SMILES string of the molecule is COc1cccc(N2C(=O)c3cc4ccsc4n3C[C@]2(C)C(=O)NC2CCCCC2)c1. The zero-order valence-electron chi connectivity index (χ0n) is 17.9. The fourth-order valence-electron chi connectivity index (χ4n) is 4.94. The summed E-state index contributed by atoms with van der Waals surface area (Å²) in [5, 5.41) is 6.33. The maximum atomic E-state index is 13.8. The molecule has 2 aromatic heterocycles. The average molecular weight is 438 g/mol. The van der Waals surface area contributed by atoms with E-state index in [4.69, 9.17) is 4.74 Å². The lowest BCUT2D eigenvalue weighted by Crippen LogP contribution is -2.65. The molecule has 162 valence electrons. The van der Waals surface area contributed by atoms with Crippen LogP contribution in [0.15, 0.2) is 41.8 Å². The van der Waals surface area contributed by atoms with Gasteiger partial charge in [-0.3, -0.25) is 14.5 Å². The molecule has 1 saturated carbocycles. The van der Waals surface area contributed by atoms with Crippen molar-refractivity contribution in [3.05, 3.63) is 47.5 Å². The number of thiophene rings is 1. The highest BCUT2D eigenvalue weighted by Gasteiger charge is 2.49. The van der Waals surface area contributed by atoms with E-state index in [9.17, 15) is 9.59 Å². The quantitative estimate of drug-likeness (QED) is 0.650. The molecule has 0 spiro atoms. The normalized spacial score (nSPS) is 21.9. The molecule has 0 unspecified atom stereocenters. The molecule has 0 bridgehead atoms. The van der Waals surface area contributed by atoms with Crippen molar-refractivity contribution < 1.29 is 14.3 Å². The monoisotopic (exact) mass is 437 g/mol. The molecular formula is C24H27N3O3S. The maximum absolute atomic E-state index is 13.8. The third kappa shape index (κ3) is 3.31. The van der Waals surface area contributed by atoms with Crippen molar-refractivity contribution >= 4 is 39.1 Å². The van der Waals surface area contributed by atoms with Gasteiger partial charge in [0, 0.05) is 23.2 Å². The lowest BCUT2D eigenvalue weighted by Gasteiger charge is -2.44. The number of benzene rings is 1. The van der Waals surface area contributed by atoms with E-state index < -0.39 is 5.54 Å². The first-order chi connectivity index (χ1) is 15.0. The topological polar surface area (TPSA) is 63.6 Å². The number of aromatic nitrogens is 1. The third-order valence-corrected chi connectivity index (χ3v) is 7.58. The molecule has 2 aliphatic rings. The number of ether oxygens (including phenoxy) is 1. The second-order valence-electron chi connectivity index (χ2n) is 8.72. The van der Waals surface area contributed by atoms with E-state index in [-0.39, 0.29) is 17.9 Å². The summed E-state index contributed by atoms with van der Waals surface area (Å²) in [6, 6.07) is 11.5. The van der Waals surface area contributed by atoms with Crippen molar-refractivity contribution in [2.24, 2.45) is 0 Å². The van der Waals surface area contributed by atoms with Crippen LogP contribution < -0.4 is 15.0 Å². The lowest BCUT2D eigenvalue weighted by molar-refractivity contribution is -0.127. The number of nitrogens with zero attached hydrogens (tertiary/aromatic N) is 2. The fraction of sp³-hybridized carbons (Fsp3) is 0.417. The molecule has 0 radical (unpaired) electrons. The number of rotatable bonds is 4. The Morgan fingerprint density at radius 1 is 1.19 bits per heavy atom. The van der Waals surface area contributed by atoms with Gasteiger partial charge in [-0.1, -0.05) is 25.3 Å². The lowest BCUT2D eigenvalue weighted by atomic mass is 9.91. The van der Waals surface area contributed by atoms with Crippen molar-refractivity contribution in [2.45, 2.75) is 57.2 Å².